The molecule has 0 amide bonds. The fourth-order valence-corrected chi connectivity index (χ4v) is 1.50. The molecule has 7 nitrogen and oxygen atoms in total. The smallest absolute Gasteiger partial charge is 0.344 e. The van der Waals surface area contributed by atoms with Crippen molar-refractivity contribution in [1.82, 2.24) is 5.43 Å². The summed E-state index contributed by atoms with van der Waals surface area (Å²) >= 11 is 4.64. The third-order valence-electron chi connectivity index (χ3n) is 2.25. The first-order chi connectivity index (χ1) is 10.1. The highest BCUT2D eigenvalue weighted by molar-refractivity contribution is 7.80. The van der Waals surface area contributed by atoms with Crippen molar-refractivity contribution in [3.63, 3.8) is 0 Å². The van der Waals surface area contributed by atoms with Gasteiger partial charge in [-0.05, 0) is 31.3 Å². The van der Waals surface area contributed by atoms with Gasteiger partial charge in [0.1, 0.15) is 0 Å². The van der Waals surface area contributed by atoms with Gasteiger partial charge < -0.3 is 19.9 Å². The van der Waals surface area contributed by atoms with E-state index in [1.807, 2.05) is 0 Å². The fraction of sp³-hybridized carbons (Fsp3) is 0.308. The normalized spacial score (nSPS) is 10.2. The zero-order chi connectivity index (χ0) is 15.7. The molecule has 1 aromatic carbocycles. The first-order valence-electron chi connectivity index (χ1n) is 6.12. The van der Waals surface area contributed by atoms with Crippen molar-refractivity contribution in [2.45, 2.75) is 6.92 Å². The van der Waals surface area contributed by atoms with E-state index in [-0.39, 0.29) is 11.7 Å². The molecule has 114 valence electrons. The number of thiocarbonyl (C=S) groups is 1. The molecule has 3 N–H and O–H groups in total. The lowest BCUT2D eigenvalue weighted by molar-refractivity contribution is -0.145. The van der Waals surface area contributed by atoms with Gasteiger partial charge in [0.25, 0.3) is 0 Å². The number of nitrogens with two attached hydrogens (primary N) is 1. The summed E-state index contributed by atoms with van der Waals surface area (Å²) in [6, 6.07) is 5.21. The molecule has 0 heterocycles. The van der Waals surface area contributed by atoms with Gasteiger partial charge in [-0.25, -0.2) is 4.79 Å². The van der Waals surface area contributed by atoms with E-state index in [4.69, 9.17) is 19.9 Å². The van der Waals surface area contributed by atoms with Crippen LogP contribution in [-0.2, 0) is 9.53 Å². The molecule has 0 bridgehead atoms. The largest absolute Gasteiger partial charge is 0.493 e. The van der Waals surface area contributed by atoms with Gasteiger partial charge in [-0.2, -0.15) is 5.10 Å². The molecule has 0 spiro atoms. The Bertz CT molecular complexity index is 534. The predicted octanol–water partition coefficient (Wildman–Crippen LogP) is 0.804. The quantitative estimate of drug-likeness (QED) is 0.333. The third kappa shape index (κ3) is 5.65. The number of ether oxygens (including phenoxy) is 3. The van der Waals surface area contributed by atoms with Crippen molar-refractivity contribution < 1.29 is 19.0 Å². The molecule has 0 aliphatic rings. The average Bonchev–Trinajstić information content (AvgIpc) is 2.45. The second-order valence-corrected chi connectivity index (χ2v) is 4.15. The van der Waals surface area contributed by atoms with E-state index in [1.165, 1.54) is 13.3 Å². The van der Waals surface area contributed by atoms with Gasteiger partial charge in [0.2, 0.25) is 0 Å². The van der Waals surface area contributed by atoms with Crippen LogP contribution in [0.15, 0.2) is 23.3 Å². The Kier molecular flexibility index (Phi) is 6.96. The summed E-state index contributed by atoms with van der Waals surface area (Å²) in [5, 5.41) is 3.89. The van der Waals surface area contributed by atoms with Crippen LogP contribution in [0.3, 0.4) is 0 Å². The van der Waals surface area contributed by atoms with Gasteiger partial charge in [0.15, 0.2) is 23.2 Å². The first-order valence-corrected chi connectivity index (χ1v) is 6.53. The molecular formula is C13H17N3O4S. The number of carbonyl (C=O) groups is 1. The minimum absolute atomic E-state index is 0.0446. The molecule has 0 aliphatic carbocycles. The van der Waals surface area contributed by atoms with Crippen LogP contribution in [-0.4, -0.2) is 37.6 Å². The van der Waals surface area contributed by atoms with Crippen LogP contribution in [0.4, 0.5) is 0 Å². The summed E-state index contributed by atoms with van der Waals surface area (Å²) in [5.74, 6) is 0.382. The fourth-order valence-electron chi connectivity index (χ4n) is 1.45. The van der Waals surface area contributed by atoms with Gasteiger partial charge in [-0.15, -0.1) is 0 Å². The first kappa shape index (κ1) is 16.7. The van der Waals surface area contributed by atoms with Gasteiger partial charge >= 0.3 is 5.97 Å². The number of benzene rings is 1. The van der Waals surface area contributed by atoms with Gasteiger partial charge in [0.05, 0.1) is 19.9 Å². The van der Waals surface area contributed by atoms with E-state index in [0.717, 1.165) is 0 Å². The molecular weight excluding hydrogens is 294 g/mol. The standard InChI is InChI=1S/C13H17N3O4S/c1-3-19-11(17)8-20-12-9(7-15-16-13(14)21)5-4-6-10(12)18-2/h4-7H,3,8H2,1-2H3,(H3,14,16,21)/b15-7-. The number of nitrogens with one attached hydrogen (secondary N) is 1. The Morgan fingerprint density at radius 2 is 2.29 bits per heavy atom. The van der Waals surface area contributed by atoms with Crippen molar-refractivity contribution in [2.24, 2.45) is 10.8 Å². The SMILES string of the molecule is CCOC(=O)COc1c(/C=N\NC(N)=S)cccc1OC. The van der Waals surface area contributed by atoms with Crippen LogP contribution in [0.25, 0.3) is 0 Å². The zero-order valence-electron chi connectivity index (χ0n) is 11.8. The highest BCUT2D eigenvalue weighted by Crippen LogP contribution is 2.30. The van der Waals surface area contributed by atoms with Crippen LogP contribution in [0.5, 0.6) is 11.5 Å². The summed E-state index contributed by atoms with van der Waals surface area (Å²) < 4.78 is 15.4. The average molecular weight is 311 g/mol. The van der Waals surface area contributed by atoms with Crippen molar-refractivity contribution in [3.05, 3.63) is 23.8 Å². The number of hydrogen-bond acceptors (Lipinski definition) is 6. The van der Waals surface area contributed by atoms with Gasteiger partial charge in [-0.3, -0.25) is 5.43 Å². The Hall–Kier alpha value is -2.35. The van der Waals surface area contributed by atoms with Gasteiger partial charge in [0, 0.05) is 5.56 Å². The van der Waals surface area contributed by atoms with E-state index >= 15 is 0 Å². The lowest BCUT2D eigenvalue weighted by Crippen LogP contribution is -2.24. The molecule has 0 saturated heterocycles. The summed E-state index contributed by atoms with van der Waals surface area (Å²) in [6.45, 7) is 1.79. The number of carbonyl (C=O) groups excluding carboxylic acids is 1. The highest BCUT2D eigenvalue weighted by atomic mass is 32.1. The Labute approximate surface area is 128 Å². The maximum Gasteiger partial charge on any atom is 0.344 e. The van der Waals surface area contributed by atoms with E-state index in [0.29, 0.717) is 23.7 Å². The molecule has 0 saturated carbocycles. The third-order valence-corrected chi connectivity index (χ3v) is 2.34. The number of para-hydroxylation sites is 1. The number of methoxy groups -OCH3 is 1. The molecule has 1 aromatic rings. The van der Waals surface area contributed by atoms with E-state index in [1.54, 1.807) is 25.1 Å². The van der Waals surface area contributed by atoms with Crippen LogP contribution >= 0.6 is 12.2 Å². The van der Waals surface area contributed by atoms with Crippen LogP contribution < -0.4 is 20.6 Å². The van der Waals surface area contributed by atoms with Crippen LogP contribution in [0.2, 0.25) is 0 Å². The van der Waals surface area contributed by atoms with Crippen LogP contribution in [0, 0.1) is 0 Å². The van der Waals surface area contributed by atoms with Crippen molar-refractivity contribution in [1.29, 1.82) is 0 Å². The molecule has 0 unspecified atom stereocenters. The molecule has 0 aliphatic heterocycles. The summed E-state index contributed by atoms with van der Waals surface area (Å²) in [6.07, 6.45) is 1.46. The topological polar surface area (TPSA) is 95.2 Å². The Balaban J connectivity index is 2.89. The molecule has 0 fully saturated rings. The summed E-state index contributed by atoms with van der Waals surface area (Å²) in [7, 11) is 1.50. The molecule has 8 heteroatoms. The summed E-state index contributed by atoms with van der Waals surface area (Å²) in [4.78, 5) is 11.4. The number of hydrogen-bond donors (Lipinski definition) is 2. The van der Waals surface area contributed by atoms with Crippen molar-refractivity contribution in [3.8, 4) is 11.5 Å². The number of rotatable bonds is 7. The lowest BCUT2D eigenvalue weighted by Gasteiger charge is -2.12. The van der Waals surface area contributed by atoms with Crippen molar-refractivity contribution >= 4 is 29.5 Å². The highest BCUT2D eigenvalue weighted by Gasteiger charge is 2.12. The minimum atomic E-state index is -0.465. The molecule has 0 atom stereocenters. The maximum absolute atomic E-state index is 11.4. The van der Waals surface area contributed by atoms with E-state index < -0.39 is 5.97 Å². The number of esters is 1. The van der Waals surface area contributed by atoms with E-state index in [9.17, 15) is 4.79 Å². The number of nitrogens with zero attached hydrogens (tertiary/aromatic N) is 1. The van der Waals surface area contributed by atoms with Gasteiger partial charge in [-0.1, -0.05) is 6.07 Å². The summed E-state index contributed by atoms with van der Waals surface area (Å²) in [5.41, 5.74) is 8.31. The van der Waals surface area contributed by atoms with E-state index in [2.05, 4.69) is 22.7 Å². The Morgan fingerprint density at radius 3 is 2.90 bits per heavy atom. The minimum Gasteiger partial charge on any atom is -0.493 e. The monoisotopic (exact) mass is 311 g/mol. The second-order valence-electron chi connectivity index (χ2n) is 3.71. The molecule has 0 radical (unpaired) electrons. The Morgan fingerprint density at radius 1 is 1.52 bits per heavy atom. The maximum atomic E-state index is 11.4. The lowest BCUT2D eigenvalue weighted by atomic mass is 10.2. The predicted molar refractivity (Wildman–Crippen MR) is 82.6 cm³/mol. The second kappa shape index (κ2) is 8.75. The van der Waals surface area contributed by atoms with Crippen LogP contribution in [0.1, 0.15) is 12.5 Å². The molecule has 0 aromatic heterocycles. The number of hydrazone groups is 1. The molecule has 21 heavy (non-hydrogen) atoms. The zero-order valence-corrected chi connectivity index (χ0v) is 12.6. The van der Waals surface area contributed by atoms with Crippen molar-refractivity contribution in [2.75, 3.05) is 20.3 Å². The molecule has 1 rings (SSSR count).